The Labute approximate surface area is 130 Å². The van der Waals surface area contributed by atoms with Crippen molar-refractivity contribution in [2.45, 2.75) is 70.4 Å². The summed E-state index contributed by atoms with van der Waals surface area (Å²) in [6.07, 6.45) is 3.90. The smallest absolute Gasteiger partial charge is 0.286 e. The highest BCUT2D eigenvalue weighted by Gasteiger charge is 2.32. The predicted octanol–water partition coefficient (Wildman–Crippen LogP) is 5.10. The van der Waals surface area contributed by atoms with Crippen LogP contribution in [0, 0.1) is 0 Å². The number of hydrogen-bond acceptors (Lipinski definition) is 2. The summed E-state index contributed by atoms with van der Waals surface area (Å²) in [4.78, 5) is 12.3. The Morgan fingerprint density at radius 1 is 1.24 bits per heavy atom. The van der Waals surface area contributed by atoms with Crippen LogP contribution in [-0.4, -0.2) is 14.8 Å². The summed E-state index contributed by atoms with van der Waals surface area (Å²) in [6, 6.07) is 9.24. The molecule has 0 spiro atoms. The number of para-hydroxylation sites is 1. The molecule has 0 amide bonds. The summed E-state index contributed by atoms with van der Waals surface area (Å²) < 4.78 is 6.41. The second-order valence-corrected chi connectivity index (χ2v) is 10.2. The minimum Gasteiger partial charge on any atom is -0.541 e. The van der Waals surface area contributed by atoms with Crippen LogP contribution in [0.4, 0.5) is 0 Å². The van der Waals surface area contributed by atoms with E-state index >= 15 is 0 Å². The van der Waals surface area contributed by atoms with Crippen LogP contribution in [0.25, 0.3) is 0 Å². The number of ketones is 1. The zero-order chi connectivity index (χ0) is 15.5. The van der Waals surface area contributed by atoms with E-state index in [0.29, 0.717) is 5.78 Å². The molecule has 3 heteroatoms. The standard InChI is InChI=1S/C18H27O2Si/c1-5-21(18(2,3)4)20-17-13-9-7-11-15(17)14-10-6-8-12-16(14)19/h7,9,11,13-14H,5-6,8,10,12H2,1-4H3. The van der Waals surface area contributed by atoms with Gasteiger partial charge in [-0.05, 0) is 30.0 Å². The van der Waals surface area contributed by atoms with Crippen LogP contribution in [0.5, 0.6) is 5.75 Å². The van der Waals surface area contributed by atoms with E-state index in [1.165, 1.54) is 0 Å². The lowest BCUT2D eigenvalue weighted by molar-refractivity contribution is -0.121. The van der Waals surface area contributed by atoms with E-state index in [1.807, 2.05) is 18.2 Å². The Bertz CT molecular complexity index is 490. The average molecular weight is 303 g/mol. The van der Waals surface area contributed by atoms with Crippen molar-refractivity contribution in [3.63, 3.8) is 0 Å². The molecule has 0 N–H and O–H groups in total. The van der Waals surface area contributed by atoms with Crippen LogP contribution in [0.1, 0.15) is 64.9 Å². The summed E-state index contributed by atoms with van der Waals surface area (Å²) in [5, 5.41) is 0.198. The molecule has 0 heterocycles. The topological polar surface area (TPSA) is 26.3 Å². The molecular weight excluding hydrogens is 276 g/mol. The summed E-state index contributed by atoms with van der Waals surface area (Å²) in [5.41, 5.74) is 1.11. The van der Waals surface area contributed by atoms with E-state index in [-0.39, 0.29) is 11.0 Å². The number of carbonyl (C=O) groups excluding carboxylic acids is 1. The normalized spacial score (nSPS) is 19.9. The fraction of sp³-hybridized carbons (Fsp3) is 0.611. The highest BCUT2D eigenvalue weighted by molar-refractivity contribution is 6.56. The van der Waals surface area contributed by atoms with Gasteiger partial charge in [-0.2, -0.15) is 0 Å². The van der Waals surface area contributed by atoms with Gasteiger partial charge >= 0.3 is 0 Å². The monoisotopic (exact) mass is 303 g/mol. The van der Waals surface area contributed by atoms with Gasteiger partial charge < -0.3 is 4.43 Å². The minimum atomic E-state index is -0.940. The first kappa shape index (κ1) is 16.3. The minimum absolute atomic E-state index is 0.0509. The van der Waals surface area contributed by atoms with Crippen LogP contribution in [0.3, 0.4) is 0 Å². The van der Waals surface area contributed by atoms with Crippen molar-refractivity contribution in [1.29, 1.82) is 0 Å². The molecule has 1 saturated carbocycles. The number of rotatable bonds is 4. The lowest BCUT2D eigenvalue weighted by atomic mass is 9.82. The first-order valence-electron chi connectivity index (χ1n) is 8.09. The van der Waals surface area contributed by atoms with Crippen molar-refractivity contribution in [2.75, 3.05) is 0 Å². The number of carbonyl (C=O) groups is 1. The molecule has 1 radical (unpaired) electrons. The van der Waals surface area contributed by atoms with Crippen molar-refractivity contribution in [1.82, 2.24) is 0 Å². The van der Waals surface area contributed by atoms with Gasteiger partial charge in [-0.15, -0.1) is 0 Å². The summed E-state index contributed by atoms with van der Waals surface area (Å²) in [6.45, 7) is 8.95. The third kappa shape index (κ3) is 3.97. The molecule has 0 saturated heterocycles. The van der Waals surface area contributed by atoms with Crippen LogP contribution in [0.15, 0.2) is 24.3 Å². The Kier molecular flexibility index (Phi) is 5.25. The van der Waals surface area contributed by atoms with E-state index in [4.69, 9.17) is 4.43 Å². The molecule has 1 fully saturated rings. The van der Waals surface area contributed by atoms with Crippen molar-refractivity contribution in [2.24, 2.45) is 0 Å². The van der Waals surface area contributed by atoms with E-state index in [1.54, 1.807) is 0 Å². The van der Waals surface area contributed by atoms with Crippen LogP contribution < -0.4 is 4.43 Å². The van der Waals surface area contributed by atoms with Crippen LogP contribution in [-0.2, 0) is 4.79 Å². The van der Waals surface area contributed by atoms with Gasteiger partial charge in [0, 0.05) is 17.9 Å². The van der Waals surface area contributed by atoms with Gasteiger partial charge in [0.1, 0.15) is 11.5 Å². The molecule has 1 aromatic rings. The molecule has 0 aliphatic heterocycles. The zero-order valence-corrected chi connectivity index (χ0v) is 14.7. The van der Waals surface area contributed by atoms with E-state index in [2.05, 4.69) is 33.8 Å². The summed E-state index contributed by atoms with van der Waals surface area (Å²) >= 11 is 0. The first-order valence-corrected chi connectivity index (χ1v) is 9.70. The Balaban J connectivity index is 2.26. The zero-order valence-electron chi connectivity index (χ0n) is 13.7. The maximum absolute atomic E-state index is 12.3. The van der Waals surface area contributed by atoms with E-state index in [9.17, 15) is 4.79 Å². The maximum atomic E-state index is 12.3. The number of hydrogen-bond donors (Lipinski definition) is 0. The van der Waals surface area contributed by atoms with Gasteiger partial charge in [0.25, 0.3) is 9.04 Å². The van der Waals surface area contributed by atoms with Gasteiger partial charge in [-0.25, -0.2) is 0 Å². The third-order valence-electron chi connectivity index (χ3n) is 4.24. The largest absolute Gasteiger partial charge is 0.541 e. The molecule has 21 heavy (non-hydrogen) atoms. The molecule has 2 nitrogen and oxygen atoms in total. The van der Waals surface area contributed by atoms with Crippen LogP contribution in [0.2, 0.25) is 11.1 Å². The van der Waals surface area contributed by atoms with Crippen LogP contribution >= 0.6 is 0 Å². The highest BCUT2D eigenvalue weighted by Crippen LogP contribution is 2.38. The fourth-order valence-electron chi connectivity index (χ4n) is 3.06. The van der Waals surface area contributed by atoms with Crippen molar-refractivity contribution >= 4 is 14.8 Å². The molecule has 2 rings (SSSR count). The molecule has 1 aromatic carbocycles. The molecule has 1 aliphatic rings. The highest BCUT2D eigenvalue weighted by atomic mass is 28.3. The fourth-order valence-corrected chi connectivity index (χ4v) is 5.02. The van der Waals surface area contributed by atoms with Crippen molar-refractivity contribution < 1.29 is 9.22 Å². The molecule has 1 unspecified atom stereocenters. The lowest BCUT2D eigenvalue weighted by Crippen LogP contribution is -2.32. The quantitative estimate of drug-likeness (QED) is 0.723. The Morgan fingerprint density at radius 3 is 2.57 bits per heavy atom. The Hall–Kier alpha value is -1.09. The maximum Gasteiger partial charge on any atom is 0.286 e. The summed E-state index contributed by atoms with van der Waals surface area (Å²) in [5.74, 6) is 1.39. The predicted molar refractivity (Wildman–Crippen MR) is 89.2 cm³/mol. The molecule has 1 atom stereocenters. The Morgan fingerprint density at radius 2 is 1.95 bits per heavy atom. The van der Waals surface area contributed by atoms with Gasteiger partial charge in [0.15, 0.2) is 0 Å². The number of benzene rings is 1. The average Bonchev–Trinajstić information content (AvgIpc) is 2.44. The second kappa shape index (κ2) is 6.78. The summed E-state index contributed by atoms with van der Waals surface area (Å²) in [7, 11) is -0.940. The lowest BCUT2D eigenvalue weighted by Gasteiger charge is -2.30. The van der Waals surface area contributed by atoms with E-state index in [0.717, 1.165) is 43.0 Å². The molecule has 115 valence electrons. The second-order valence-electron chi connectivity index (χ2n) is 6.93. The van der Waals surface area contributed by atoms with Gasteiger partial charge in [-0.3, -0.25) is 4.79 Å². The molecule has 0 bridgehead atoms. The molecular formula is C18H27O2Si. The molecule has 1 aliphatic carbocycles. The van der Waals surface area contributed by atoms with Crippen molar-refractivity contribution in [3.8, 4) is 5.75 Å². The molecule has 0 aromatic heterocycles. The van der Waals surface area contributed by atoms with Gasteiger partial charge in [-0.1, -0.05) is 52.3 Å². The van der Waals surface area contributed by atoms with Crippen molar-refractivity contribution in [3.05, 3.63) is 29.8 Å². The third-order valence-corrected chi connectivity index (χ3v) is 7.02. The van der Waals surface area contributed by atoms with Gasteiger partial charge in [0.2, 0.25) is 0 Å². The van der Waals surface area contributed by atoms with Gasteiger partial charge in [0.05, 0.1) is 0 Å². The van der Waals surface area contributed by atoms with E-state index < -0.39 is 9.04 Å². The first-order chi connectivity index (χ1) is 9.93. The number of Topliss-reactive ketones (excluding diaryl/α,β-unsaturated/α-hetero) is 1. The SMILES string of the molecule is CC[Si](Oc1ccccc1C1CCCCC1=O)C(C)(C)C.